The molecular formula is C16H20Cl2O8P2. The van der Waals surface area contributed by atoms with Crippen LogP contribution in [0.25, 0.3) is 0 Å². The Hall–Kier alpha value is -1.08. The van der Waals surface area contributed by atoms with Gasteiger partial charge in [0.15, 0.2) is 0 Å². The standard InChI is InChI=1S/C12H10ClO4P.C4H10ClO4P/c13-17-18(14,15-11-7-3-1-4-8-11)16-12-9-5-2-6-10-12;1-3-7-10(6,9-5)8-4-2/h1-10H;3-4H2,1-2H3. The van der Waals surface area contributed by atoms with E-state index in [9.17, 15) is 9.13 Å². The fourth-order valence-corrected chi connectivity index (χ4v) is 3.71. The Labute approximate surface area is 174 Å². The first kappa shape index (κ1) is 25.0. The fourth-order valence-electron chi connectivity index (χ4n) is 1.66. The highest BCUT2D eigenvalue weighted by Crippen LogP contribution is 2.51. The van der Waals surface area contributed by atoms with Gasteiger partial charge in [-0.15, -0.1) is 0 Å². The normalized spacial score (nSPS) is 11.3. The largest absolute Gasteiger partial charge is 0.604 e. The highest BCUT2D eigenvalue weighted by atomic mass is 35.5. The molecule has 0 saturated heterocycles. The van der Waals surface area contributed by atoms with Crippen molar-refractivity contribution in [1.82, 2.24) is 0 Å². The molecule has 156 valence electrons. The summed E-state index contributed by atoms with van der Waals surface area (Å²) in [5.74, 6) is 0.690. The minimum Gasteiger partial charge on any atom is -0.394 e. The minimum absolute atomic E-state index is 0.240. The van der Waals surface area contributed by atoms with Gasteiger partial charge in [0.05, 0.1) is 36.9 Å². The monoisotopic (exact) mass is 472 g/mol. The zero-order valence-corrected chi connectivity index (χ0v) is 18.4. The second kappa shape index (κ2) is 13.2. The Balaban J connectivity index is 0.000000336. The molecule has 0 aliphatic rings. The molecule has 2 aromatic carbocycles. The molecule has 0 aliphatic heterocycles. The van der Waals surface area contributed by atoms with Crippen molar-refractivity contribution < 1.29 is 35.4 Å². The summed E-state index contributed by atoms with van der Waals surface area (Å²) in [5, 5.41) is 0. The summed E-state index contributed by atoms with van der Waals surface area (Å²) in [6, 6.07) is 17.0. The van der Waals surface area contributed by atoms with Gasteiger partial charge < -0.3 is 9.05 Å². The van der Waals surface area contributed by atoms with Gasteiger partial charge in [0.2, 0.25) is 0 Å². The van der Waals surface area contributed by atoms with Gasteiger partial charge in [-0.2, -0.15) is 8.15 Å². The average Bonchev–Trinajstić information content (AvgIpc) is 2.70. The maximum Gasteiger partial charge on any atom is 0.604 e. The zero-order valence-electron chi connectivity index (χ0n) is 15.1. The van der Waals surface area contributed by atoms with Crippen molar-refractivity contribution in [1.29, 1.82) is 0 Å². The first-order valence-electron chi connectivity index (χ1n) is 7.99. The molecule has 0 aromatic heterocycles. The van der Waals surface area contributed by atoms with Crippen LogP contribution in [0.4, 0.5) is 0 Å². The van der Waals surface area contributed by atoms with Gasteiger partial charge in [0, 0.05) is 0 Å². The summed E-state index contributed by atoms with van der Waals surface area (Å²) >= 11 is 10.0. The summed E-state index contributed by atoms with van der Waals surface area (Å²) < 4.78 is 50.9. The Morgan fingerprint density at radius 1 is 0.679 bits per heavy atom. The molecule has 0 unspecified atom stereocenters. The third kappa shape index (κ3) is 9.41. The first-order chi connectivity index (χ1) is 13.4. The molecule has 2 rings (SSSR count). The van der Waals surface area contributed by atoms with Gasteiger partial charge in [-0.1, -0.05) is 36.4 Å². The van der Waals surface area contributed by atoms with E-state index in [1.54, 1.807) is 74.5 Å². The molecule has 8 nitrogen and oxygen atoms in total. The Kier molecular flexibility index (Phi) is 11.8. The SMILES string of the molecule is CCOP(=O)(OCl)OCC.O=P(OCl)(Oc1ccccc1)Oc1ccccc1. The van der Waals surface area contributed by atoms with Crippen LogP contribution in [0.5, 0.6) is 11.5 Å². The van der Waals surface area contributed by atoms with Gasteiger partial charge in [-0.3, -0.25) is 9.05 Å². The van der Waals surface area contributed by atoms with Crippen molar-refractivity contribution >= 4 is 39.4 Å². The van der Waals surface area contributed by atoms with Crippen LogP contribution in [-0.4, -0.2) is 13.2 Å². The van der Waals surface area contributed by atoms with Crippen molar-refractivity contribution in [2.24, 2.45) is 0 Å². The Morgan fingerprint density at radius 2 is 1.04 bits per heavy atom. The van der Waals surface area contributed by atoms with Gasteiger partial charge >= 0.3 is 15.6 Å². The third-order valence-corrected chi connectivity index (χ3v) is 6.03. The highest BCUT2D eigenvalue weighted by Gasteiger charge is 2.30. The van der Waals surface area contributed by atoms with E-state index in [-0.39, 0.29) is 13.2 Å². The number of para-hydroxylation sites is 2. The zero-order chi connectivity index (χ0) is 20.9. The molecule has 0 amide bonds. The van der Waals surface area contributed by atoms with Gasteiger partial charge in [0.25, 0.3) is 0 Å². The van der Waals surface area contributed by atoms with E-state index in [2.05, 4.69) is 17.2 Å². The lowest BCUT2D eigenvalue weighted by Crippen LogP contribution is -2.00. The second-order valence-corrected chi connectivity index (χ2v) is 8.45. The Bertz CT molecular complexity index is 708. The number of phosphoric acid groups is 2. The fraction of sp³-hybridized carbons (Fsp3) is 0.250. The molecular weight excluding hydrogens is 453 g/mol. The maximum atomic E-state index is 12.1. The summed E-state index contributed by atoms with van der Waals surface area (Å²) in [6.45, 7) is 3.82. The van der Waals surface area contributed by atoms with Crippen molar-refractivity contribution in [3.05, 3.63) is 60.7 Å². The molecule has 0 fully saturated rings. The molecule has 0 heterocycles. The number of benzene rings is 2. The van der Waals surface area contributed by atoms with Crippen LogP contribution in [0.2, 0.25) is 0 Å². The van der Waals surface area contributed by atoms with Crippen LogP contribution in [0.1, 0.15) is 13.8 Å². The van der Waals surface area contributed by atoms with E-state index < -0.39 is 15.6 Å². The molecule has 0 atom stereocenters. The van der Waals surface area contributed by atoms with E-state index in [0.29, 0.717) is 11.5 Å². The molecule has 28 heavy (non-hydrogen) atoms. The van der Waals surface area contributed by atoms with Crippen molar-refractivity contribution in [3.63, 3.8) is 0 Å². The summed E-state index contributed by atoms with van der Waals surface area (Å²) in [5.41, 5.74) is 0. The number of phosphoric ester groups is 2. The highest BCUT2D eigenvalue weighted by molar-refractivity contribution is 7.50. The van der Waals surface area contributed by atoms with Crippen LogP contribution in [0.3, 0.4) is 0 Å². The van der Waals surface area contributed by atoms with Crippen LogP contribution in [0.15, 0.2) is 60.7 Å². The van der Waals surface area contributed by atoms with Crippen LogP contribution in [-0.2, 0) is 26.3 Å². The van der Waals surface area contributed by atoms with E-state index in [0.717, 1.165) is 0 Å². The molecule has 12 heteroatoms. The van der Waals surface area contributed by atoms with Crippen molar-refractivity contribution in [2.75, 3.05) is 13.2 Å². The smallest absolute Gasteiger partial charge is 0.394 e. The molecule has 0 N–H and O–H groups in total. The lowest BCUT2D eigenvalue weighted by Gasteiger charge is -2.15. The number of hydrogen-bond donors (Lipinski definition) is 0. The number of halogens is 2. The van der Waals surface area contributed by atoms with Crippen molar-refractivity contribution in [2.45, 2.75) is 13.8 Å². The van der Waals surface area contributed by atoms with Gasteiger partial charge in [0.1, 0.15) is 11.5 Å². The maximum absolute atomic E-state index is 12.1. The van der Waals surface area contributed by atoms with Crippen LogP contribution < -0.4 is 9.05 Å². The van der Waals surface area contributed by atoms with Crippen LogP contribution >= 0.6 is 39.4 Å². The number of hydrogen-bond acceptors (Lipinski definition) is 8. The quantitative estimate of drug-likeness (QED) is 0.350. The third-order valence-electron chi connectivity index (χ3n) is 2.66. The minimum atomic E-state index is -3.88. The van der Waals surface area contributed by atoms with Gasteiger partial charge in [-0.05, 0) is 38.1 Å². The van der Waals surface area contributed by atoms with Crippen LogP contribution in [0, 0.1) is 0 Å². The molecule has 0 saturated carbocycles. The van der Waals surface area contributed by atoms with Crippen molar-refractivity contribution in [3.8, 4) is 11.5 Å². The lowest BCUT2D eigenvalue weighted by atomic mass is 10.3. The number of rotatable bonds is 10. The average molecular weight is 473 g/mol. The predicted octanol–water partition coefficient (Wildman–Crippen LogP) is 6.76. The Morgan fingerprint density at radius 3 is 1.32 bits per heavy atom. The predicted molar refractivity (Wildman–Crippen MR) is 106 cm³/mol. The molecule has 0 bridgehead atoms. The van der Waals surface area contributed by atoms with E-state index in [1.807, 2.05) is 0 Å². The lowest BCUT2D eigenvalue weighted by molar-refractivity contribution is 0.171. The summed E-state index contributed by atoms with van der Waals surface area (Å²) in [7, 11) is -7.31. The first-order valence-corrected chi connectivity index (χ1v) is 11.5. The second-order valence-electron chi connectivity index (χ2n) is 4.68. The topological polar surface area (TPSA) is 89.5 Å². The molecule has 0 radical (unpaired) electrons. The summed E-state index contributed by atoms with van der Waals surface area (Å²) in [4.78, 5) is 0. The molecule has 0 aliphatic carbocycles. The van der Waals surface area contributed by atoms with Gasteiger partial charge in [-0.25, -0.2) is 9.13 Å². The van der Waals surface area contributed by atoms with E-state index in [1.165, 1.54) is 0 Å². The van der Waals surface area contributed by atoms with E-state index in [4.69, 9.17) is 32.8 Å². The summed E-state index contributed by atoms with van der Waals surface area (Å²) in [6.07, 6.45) is 0. The molecule has 2 aromatic rings. The molecule has 0 spiro atoms. The van der Waals surface area contributed by atoms with E-state index >= 15 is 0 Å².